The first-order valence-corrected chi connectivity index (χ1v) is 9.32. The maximum Gasteiger partial charge on any atom is 0.338 e. The first kappa shape index (κ1) is 21.8. The molecule has 31 heavy (non-hydrogen) atoms. The Balaban J connectivity index is 1.70. The van der Waals surface area contributed by atoms with Crippen molar-refractivity contribution in [3.05, 3.63) is 98.6 Å². The van der Waals surface area contributed by atoms with Gasteiger partial charge < -0.3 is 14.2 Å². The highest BCUT2D eigenvalue weighted by atomic mass is 35.5. The van der Waals surface area contributed by atoms with Crippen LogP contribution in [-0.2, 0) is 16.1 Å². The van der Waals surface area contributed by atoms with Crippen molar-refractivity contribution in [2.45, 2.75) is 6.61 Å². The molecule has 3 aromatic rings. The Morgan fingerprint density at radius 2 is 1.68 bits per heavy atom. The standard InChI is InChI=1S/C22H16ClNO7/c1-29-21(25)15-10-8-14(9-11-15)13-30-22(26)16-4-2-5-17(12-16)31-20-18(23)6-3-7-19(20)24(27)28/h2-12H,13H2,1H3. The lowest BCUT2D eigenvalue weighted by atomic mass is 10.1. The van der Waals surface area contributed by atoms with Crippen LogP contribution in [0.4, 0.5) is 5.69 Å². The van der Waals surface area contributed by atoms with Crippen molar-refractivity contribution in [3.63, 3.8) is 0 Å². The highest BCUT2D eigenvalue weighted by Crippen LogP contribution is 2.37. The second-order valence-corrected chi connectivity index (χ2v) is 6.65. The number of halogens is 1. The Hall–Kier alpha value is -3.91. The quantitative estimate of drug-likeness (QED) is 0.282. The number of nitro groups is 1. The summed E-state index contributed by atoms with van der Waals surface area (Å²) in [5.41, 5.74) is 0.963. The highest BCUT2D eigenvalue weighted by Gasteiger charge is 2.19. The van der Waals surface area contributed by atoms with Gasteiger partial charge in [0.05, 0.1) is 28.2 Å². The number of benzene rings is 3. The molecule has 3 aromatic carbocycles. The molecule has 158 valence electrons. The molecular formula is C22H16ClNO7. The number of ether oxygens (including phenoxy) is 3. The summed E-state index contributed by atoms with van der Waals surface area (Å²) in [6, 6.07) is 16.6. The normalized spacial score (nSPS) is 10.3. The number of para-hydroxylation sites is 1. The summed E-state index contributed by atoms with van der Waals surface area (Å²) in [5.74, 6) is -1.01. The van der Waals surface area contributed by atoms with E-state index in [4.69, 9.17) is 21.1 Å². The Kier molecular flexibility index (Phi) is 6.84. The Morgan fingerprint density at radius 3 is 2.35 bits per heavy atom. The molecule has 0 radical (unpaired) electrons. The molecule has 0 saturated carbocycles. The maximum atomic E-state index is 12.4. The van der Waals surface area contributed by atoms with Crippen LogP contribution in [0.1, 0.15) is 26.3 Å². The lowest BCUT2D eigenvalue weighted by Gasteiger charge is -2.10. The number of hydrogen-bond donors (Lipinski definition) is 0. The predicted octanol–water partition coefficient (Wildman–Crippen LogP) is 5.18. The van der Waals surface area contributed by atoms with E-state index in [2.05, 4.69) is 4.74 Å². The molecule has 0 aromatic heterocycles. The van der Waals surface area contributed by atoms with E-state index in [9.17, 15) is 19.7 Å². The number of esters is 2. The summed E-state index contributed by atoms with van der Waals surface area (Å²) in [6.07, 6.45) is 0. The minimum atomic E-state index is -0.615. The van der Waals surface area contributed by atoms with Gasteiger partial charge in [0.2, 0.25) is 5.75 Å². The van der Waals surface area contributed by atoms with E-state index in [0.717, 1.165) is 0 Å². The molecule has 0 heterocycles. The number of nitro benzene ring substituents is 1. The van der Waals surface area contributed by atoms with Crippen LogP contribution >= 0.6 is 11.6 Å². The van der Waals surface area contributed by atoms with Crippen LogP contribution in [-0.4, -0.2) is 24.0 Å². The fourth-order valence-electron chi connectivity index (χ4n) is 2.63. The monoisotopic (exact) mass is 441 g/mol. The van der Waals surface area contributed by atoms with E-state index in [0.29, 0.717) is 11.1 Å². The molecule has 0 amide bonds. The minimum absolute atomic E-state index is 0.0125. The van der Waals surface area contributed by atoms with Gasteiger partial charge in [-0.15, -0.1) is 0 Å². The number of nitrogens with zero attached hydrogens (tertiary/aromatic N) is 1. The molecule has 0 saturated heterocycles. The van der Waals surface area contributed by atoms with Crippen LogP contribution in [0.15, 0.2) is 66.7 Å². The van der Waals surface area contributed by atoms with Gasteiger partial charge in [-0.3, -0.25) is 10.1 Å². The number of rotatable bonds is 7. The topological polar surface area (TPSA) is 105 Å². The third-order valence-corrected chi connectivity index (χ3v) is 4.48. The molecule has 0 unspecified atom stereocenters. The number of methoxy groups -OCH3 is 1. The van der Waals surface area contributed by atoms with Gasteiger partial charge in [-0.1, -0.05) is 35.9 Å². The van der Waals surface area contributed by atoms with Gasteiger partial charge in [0.1, 0.15) is 12.4 Å². The minimum Gasteiger partial charge on any atom is -0.465 e. The maximum absolute atomic E-state index is 12.4. The summed E-state index contributed by atoms with van der Waals surface area (Å²) < 4.78 is 15.5. The molecule has 0 atom stereocenters. The average Bonchev–Trinajstić information content (AvgIpc) is 2.78. The number of carbonyl (C=O) groups excluding carboxylic acids is 2. The predicted molar refractivity (Wildman–Crippen MR) is 112 cm³/mol. The molecule has 8 nitrogen and oxygen atoms in total. The van der Waals surface area contributed by atoms with Gasteiger partial charge in [0, 0.05) is 6.07 Å². The van der Waals surface area contributed by atoms with Gasteiger partial charge in [0.15, 0.2) is 0 Å². The molecule has 0 spiro atoms. The summed E-state index contributed by atoms with van der Waals surface area (Å²) in [4.78, 5) is 34.4. The molecule has 0 aliphatic rings. The average molecular weight is 442 g/mol. The van der Waals surface area contributed by atoms with Crippen LogP contribution in [0.25, 0.3) is 0 Å². The lowest BCUT2D eigenvalue weighted by molar-refractivity contribution is -0.385. The lowest BCUT2D eigenvalue weighted by Crippen LogP contribution is -2.06. The summed E-state index contributed by atoms with van der Waals surface area (Å²) in [7, 11) is 1.29. The van der Waals surface area contributed by atoms with E-state index in [1.807, 2.05) is 0 Å². The molecule has 0 aliphatic heterocycles. The van der Waals surface area contributed by atoms with Gasteiger partial charge in [-0.05, 0) is 42.0 Å². The van der Waals surface area contributed by atoms with E-state index >= 15 is 0 Å². The number of hydrogen-bond acceptors (Lipinski definition) is 7. The summed E-state index contributed by atoms with van der Waals surface area (Å²) in [6.45, 7) is -0.0125. The van der Waals surface area contributed by atoms with E-state index in [1.54, 1.807) is 30.3 Å². The zero-order valence-corrected chi connectivity index (χ0v) is 17.0. The first-order valence-electron chi connectivity index (χ1n) is 8.94. The summed E-state index contributed by atoms with van der Waals surface area (Å²) >= 11 is 6.03. The van der Waals surface area contributed by atoms with Gasteiger partial charge in [-0.25, -0.2) is 9.59 Å². The van der Waals surface area contributed by atoms with Crippen LogP contribution in [0.2, 0.25) is 5.02 Å². The van der Waals surface area contributed by atoms with Gasteiger partial charge in [0.25, 0.3) is 0 Å². The van der Waals surface area contributed by atoms with E-state index < -0.39 is 16.9 Å². The molecule has 9 heteroatoms. The third kappa shape index (κ3) is 5.37. The molecule has 3 rings (SSSR count). The van der Waals surface area contributed by atoms with Crippen molar-refractivity contribution in [1.82, 2.24) is 0 Å². The SMILES string of the molecule is COC(=O)c1ccc(COC(=O)c2cccc(Oc3c(Cl)cccc3[N+](=O)[O-])c2)cc1. The first-order chi connectivity index (χ1) is 14.9. The van der Waals surface area contributed by atoms with Crippen LogP contribution in [0.5, 0.6) is 11.5 Å². The van der Waals surface area contributed by atoms with Gasteiger partial charge in [-0.2, -0.15) is 0 Å². The Morgan fingerprint density at radius 1 is 0.968 bits per heavy atom. The van der Waals surface area contributed by atoms with Crippen molar-refractivity contribution >= 4 is 29.2 Å². The third-order valence-electron chi connectivity index (χ3n) is 4.18. The smallest absolute Gasteiger partial charge is 0.338 e. The fourth-order valence-corrected chi connectivity index (χ4v) is 2.84. The molecule has 0 fully saturated rings. The van der Waals surface area contributed by atoms with Crippen molar-refractivity contribution in [3.8, 4) is 11.5 Å². The van der Waals surface area contributed by atoms with E-state index in [-0.39, 0.29) is 34.4 Å². The Bertz CT molecular complexity index is 1130. The largest absolute Gasteiger partial charge is 0.465 e. The van der Waals surface area contributed by atoms with Crippen LogP contribution in [0, 0.1) is 10.1 Å². The Labute approximate surface area is 182 Å². The molecule has 0 bridgehead atoms. The van der Waals surface area contributed by atoms with Crippen molar-refractivity contribution in [2.75, 3.05) is 7.11 Å². The summed E-state index contributed by atoms with van der Waals surface area (Å²) in [5, 5.41) is 11.3. The van der Waals surface area contributed by atoms with Gasteiger partial charge >= 0.3 is 17.6 Å². The van der Waals surface area contributed by atoms with E-state index in [1.165, 1.54) is 43.5 Å². The second kappa shape index (κ2) is 9.73. The molecule has 0 aliphatic carbocycles. The molecular weight excluding hydrogens is 426 g/mol. The molecule has 0 N–H and O–H groups in total. The van der Waals surface area contributed by atoms with Crippen LogP contribution in [0.3, 0.4) is 0 Å². The van der Waals surface area contributed by atoms with Crippen molar-refractivity contribution in [1.29, 1.82) is 0 Å². The zero-order chi connectivity index (χ0) is 22.4. The fraction of sp³-hybridized carbons (Fsp3) is 0.0909. The second-order valence-electron chi connectivity index (χ2n) is 6.24. The van der Waals surface area contributed by atoms with Crippen molar-refractivity contribution < 1.29 is 28.7 Å². The zero-order valence-electron chi connectivity index (χ0n) is 16.2. The van der Waals surface area contributed by atoms with Crippen LogP contribution < -0.4 is 4.74 Å². The van der Waals surface area contributed by atoms with Crippen molar-refractivity contribution in [2.24, 2.45) is 0 Å². The number of carbonyl (C=O) groups is 2. The highest BCUT2D eigenvalue weighted by molar-refractivity contribution is 6.32.